The minimum Gasteiger partial charge on any atom is -0.399 e. The molecule has 0 atom stereocenters. The molecule has 1 aromatic carbocycles. The monoisotopic (exact) mass is 255 g/mol. The zero-order chi connectivity index (χ0) is 12.6. The maximum absolute atomic E-state index is 11.4. The number of benzene rings is 1. The molecule has 1 aliphatic carbocycles. The van der Waals surface area contributed by atoms with Gasteiger partial charge in [-0.3, -0.25) is 0 Å². The van der Waals surface area contributed by atoms with E-state index in [9.17, 15) is 8.42 Å². The van der Waals surface area contributed by atoms with Crippen molar-refractivity contribution in [2.24, 2.45) is 5.14 Å². The van der Waals surface area contributed by atoms with Crippen LogP contribution in [0.3, 0.4) is 0 Å². The van der Waals surface area contributed by atoms with Crippen LogP contribution in [0.5, 0.6) is 0 Å². The number of hydrogen-bond acceptors (Lipinski definition) is 4. The van der Waals surface area contributed by atoms with Gasteiger partial charge in [-0.2, -0.15) is 0 Å². The first-order chi connectivity index (χ1) is 7.88. The highest BCUT2D eigenvalue weighted by Crippen LogP contribution is 2.30. The summed E-state index contributed by atoms with van der Waals surface area (Å²) in [5.41, 5.74) is 7.50. The molecule has 0 aliphatic heterocycles. The molecule has 5 N–H and O–H groups in total. The molecule has 0 amide bonds. The van der Waals surface area contributed by atoms with Crippen LogP contribution in [0.1, 0.15) is 24.8 Å². The van der Waals surface area contributed by atoms with Crippen LogP contribution < -0.4 is 16.2 Å². The molecule has 94 valence electrons. The topological polar surface area (TPSA) is 98.2 Å². The maximum Gasteiger partial charge on any atom is 0.238 e. The molecule has 0 aromatic heterocycles. The standard InChI is InChI=1S/C11H17N3O2S/c1-7-10(14-9-3-2-4-9)5-8(12)6-11(7)17(13,15)16/h5-6,9,14H,2-4,12H2,1H3,(H2,13,15,16). The molecule has 0 spiro atoms. The van der Waals surface area contributed by atoms with Crippen LogP contribution in [-0.2, 0) is 10.0 Å². The predicted molar refractivity (Wildman–Crippen MR) is 68.2 cm³/mol. The Bertz CT molecular complexity index is 536. The van der Waals surface area contributed by atoms with E-state index in [4.69, 9.17) is 10.9 Å². The van der Waals surface area contributed by atoms with E-state index < -0.39 is 10.0 Å². The fourth-order valence-corrected chi connectivity index (χ4v) is 2.76. The van der Waals surface area contributed by atoms with E-state index in [1.807, 2.05) is 0 Å². The molecule has 0 saturated heterocycles. The highest BCUT2D eigenvalue weighted by atomic mass is 32.2. The predicted octanol–water partition coefficient (Wildman–Crippen LogP) is 1.19. The minimum absolute atomic E-state index is 0.0966. The first kappa shape index (κ1) is 12.2. The summed E-state index contributed by atoms with van der Waals surface area (Å²) in [6.45, 7) is 1.74. The van der Waals surface area contributed by atoms with Crippen LogP contribution in [0, 0.1) is 6.92 Å². The molecule has 0 heterocycles. The molecule has 1 aromatic rings. The molecule has 0 bridgehead atoms. The summed E-state index contributed by atoms with van der Waals surface area (Å²) in [4.78, 5) is 0.0966. The maximum atomic E-state index is 11.4. The fraction of sp³-hybridized carbons (Fsp3) is 0.455. The lowest BCUT2D eigenvalue weighted by molar-refractivity contribution is 0.445. The van der Waals surface area contributed by atoms with Crippen LogP contribution >= 0.6 is 0 Å². The van der Waals surface area contributed by atoms with Crippen molar-refractivity contribution < 1.29 is 8.42 Å². The van der Waals surface area contributed by atoms with Gasteiger partial charge in [0.25, 0.3) is 0 Å². The Hall–Kier alpha value is -1.27. The van der Waals surface area contributed by atoms with Crippen LogP contribution in [0.4, 0.5) is 11.4 Å². The molecule has 2 rings (SSSR count). The van der Waals surface area contributed by atoms with Crippen molar-refractivity contribution in [3.05, 3.63) is 17.7 Å². The third kappa shape index (κ3) is 2.53. The van der Waals surface area contributed by atoms with E-state index >= 15 is 0 Å². The average molecular weight is 255 g/mol. The van der Waals surface area contributed by atoms with E-state index in [2.05, 4.69) is 5.32 Å². The zero-order valence-corrected chi connectivity index (χ0v) is 10.5. The lowest BCUT2D eigenvalue weighted by atomic mass is 9.92. The van der Waals surface area contributed by atoms with Crippen molar-refractivity contribution in [2.75, 3.05) is 11.1 Å². The van der Waals surface area contributed by atoms with Gasteiger partial charge in [0, 0.05) is 17.4 Å². The second-order valence-electron chi connectivity index (χ2n) is 4.51. The van der Waals surface area contributed by atoms with E-state index in [0.29, 0.717) is 17.3 Å². The summed E-state index contributed by atoms with van der Waals surface area (Å²) < 4.78 is 22.8. The molecule has 5 nitrogen and oxygen atoms in total. The first-order valence-electron chi connectivity index (χ1n) is 5.57. The van der Waals surface area contributed by atoms with Crippen LogP contribution in [0.25, 0.3) is 0 Å². The number of nitrogens with two attached hydrogens (primary N) is 2. The number of anilines is 2. The molecule has 1 aliphatic rings. The third-order valence-corrected chi connectivity index (χ3v) is 4.19. The molecule has 1 saturated carbocycles. The second-order valence-corrected chi connectivity index (χ2v) is 6.04. The van der Waals surface area contributed by atoms with Gasteiger partial charge in [0.15, 0.2) is 0 Å². The largest absolute Gasteiger partial charge is 0.399 e. The zero-order valence-electron chi connectivity index (χ0n) is 9.73. The van der Waals surface area contributed by atoms with Gasteiger partial charge in [-0.15, -0.1) is 0 Å². The Morgan fingerprint density at radius 3 is 2.47 bits per heavy atom. The Kier molecular flexibility index (Phi) is 3.01. The molecule has 0 radical (unpaired) electrons. The minimum atomic E-state index is -3.72. The Balaban J connectivity index is 2.41. The van der Waals surface area contributed by atoms with Crippen molar-refractivity contribution in [1.29, 1.82) is 0 Å². The fourth-order valence-electron chi connectivity index (χ4n) is 1.93. The Labute approximate surface area is 101 Å². The number of nitrogens with one attached hydrogen (secondary N) is 1. The average Bonchev–Trinajstić information content (AvgIpc) is 2.14. The Morgan fingerprint density at radius 1 is 1.35 bits per heavy atom. The molecule has 1 fully saturated rings. The smallest absolute Gasteiger partial charge is 0.238 e. The normalized spacial score (nSPS) is 16.6. The van der Waals surface area contributed by atoms with Crippen LogP contribution in [-0.4, -0.2) is 14.5 Å². The summed E-state index contributed by atoms with van der Waals surface area (Å²) in [7, 11) is -3.72. The SMILES string of the molecule is Cc1c(NC2CCC2)cc(N)cc1S(N)(=O)=O. The Morgan fingerprint density at radius 2 is 2.00 bits per heavy atom. The van der Waals surface area contributed by atoms with Gasteiger partial charge in [-0.05, 0) is 43.9 Å². The van der Waals surface area contributed by atoms with Crippen molar-refractivity contribution in [3.63, 3.8) is 0 Å². The number of rotatable bonds is 3. The van der Waals surface area contributed by atoms with Crippen molar-refractivity contribution in [3.8, 4) is 0 Å². The van der Waals surface area contributed by atoms with Gasteiger partial charge in [0.2, 0.25) is 10.0 Å². The van der Waals surface area contributed by atoms with E-state index in [1.165, 1.54) is 12.5 Å². The van der Waals surface area contributed by atoms with Crippen LogP contribution in [0.15, 0.2) is 17.0 Å². The lowest BCUT2D eigenvalue weighted by Gasteiger charge is -2.28. The highest BCUT2D eigenvalue weighted by molar-refractivity contribution is 7.89. The first-order valence-corrected chi connectivity index (χ1v) is 7.12. The summed E-state index contributed by atoms with van der Waals surface area (Å²) >= 11 is 0. The van der Waals surface area contributed by atoms with E-state index in [-0.39, 0.29) is 4.90 Å². The van der Waals surface area contributed by atoms with E-state index in [0.717, 1.165) is 18.5 Å². The van der Waals surface area contributed by atoms with E-state index in [1.54, 1.807) is 13.0 Å². The number of sulfonamides is 1. The number of hydrogen-bond donors (Lipinski definition) is 3. The van der Waals surface area contributed by atoms with Crippen LogP contribution in [0.2, 0.25) is 0 Å². The van der Waals surface area contributed by atoms with Gasteiger partial charge in [-0.25, -0.2) is 13.6 Å². The third-order valence-electron chi connectivity index (χ3n) is 3.15. The van der Waals surface area contributed by atoms with Gasteiger partial charge in [0.05, 0.1) is 4.90 Å². The van der Waals surface area contributed by atoms with Gasteiger partial charge < -0.3 is 11.1 Å². The molecular weight excluding hydrogens is 238 g/mol. The quantitative estimate of drug-likeness (QED) is 0.706. The van der Waals surface area contributed by atoms with Gasteiger partial charge in [-0.1, -0.05) is 0 Å². The number of primary sulfonamides is 1. The molecule has 6 heteroatoms. The highest BCUT2D eigenvalue weighted by Gasteiger charge is 2.20. The van der Waals surface area contributed by atoms with Crippen molar-refractivity contribution >= 4 is 21.4 Å². The van der Waals surface area contributed by atoms with Gasteiger partial charge >= 0.3 is 0 Å². The summed E-state index contributed by atoms with van der Waals surface area (Å²) in [5, 5.41) is 8.46. The molecular formula is C11H17N3O2S. The number of nitrogen functional groups attached to an aromatic ring is 1. The molecule has 17 heavy (non-hydrogen) atoms. The summed E-state index contributed by atoms with van der Waals surface area (Å²) in [5.74, 6) is 0. The van der Waals surface area contributed by atoms with Crippen molar-refractivity contribution in [1.82, 2.24) is 0 Å². The summed E-state index contributed by atoms with van der Waals surface area (Å²) in [6.07, 6.45) is 3.43. The summed E-state index contributed by atoms with van der Waals surface area (Å²) in [6, 6.07) is 3.57. The second kappa shape index (κ2) is 4.19. The van der Waals surface area contributed by atoms with Crippen molar-refractivity contribution in [2.45, 2.75) is 37.1 Å². The molecule has 0 unspecified atom stereocenters. The van der Waals surface area contributed by atoms with Gasteiger partial charge in [0.1, 0.15) is 0 Å². The lowest BCUT2D eigenvalue weighted by Crippen LogP contribution is -2.28.